The maximum absolute atomic E-state index is 11.1. The average molecular weight is 216 g/mol. The number of rotatable bonds is 3. The van der Waals surface area contributed by atoms with Crippen LogP contribution in [0.25, 0.3) is 6.08 Å². The largest absolute Gasteiger partial charge is 0.463 e. The molecule has 1 aromatic carbocycles. The van der Waals surface area contributed by atoms with E-state index >= 15 is 0 Å². The van der Waals surface area contributed by atoms with Crippen LogP contribution in [-0.4, -0.2) is 12.6 Å². The maximum Gasteiger partial charge on any atom is 0.330 e. The summed E-state index contributed by atoms with van der Waals surface area (Å²) in [6.45, 7) is 2.06. The number of esters is 1. The maximum atomic E-state index is 11.1. The zero-order chi connectivity index (χ0) is 12.0. The Bertz CT molecular complexity index is 459. The fourth-order valence-electron chi connectivity index (χ4n) is 1.16. The van der Waals surface area contributed by atoms with Crippen molar-refractivity contribution in [2.45, 2.75) is 6.92 Å². The normalized spacial score (nSPS) is 10.0. The van der Waals surface area contributed by atoms with Gasteiger partial charge in [0.2, 0.25) is 0 Å². The minimum Gasteiger partial charge on any atom is -0.463 e. The SMILES string of the molecule is CCOC(=O)C=Cc1ccc(N)cc1C#N. The van der Waals surface area contributed by atoms with Crippen molar-refractivity contribution >= 4 is 17.7 Å². The van der Waals surface area contributed by atoms with Gasteiger partial charge in [0.05, 0.1) is 18.2 Å². The summed E-state index contributed by atoms with van der Waals surface area (Å²) in [5.74, 6) is -0.428. The Morgan fingerprint density at radius 2 is 2.38 bits per heavy atom. The first-order valence-corrected chi connectivity index (χ1v) is 4.82. The van der Waals surface area contributed by atoms with Crippen molar-refractivity contribution in [3.05, 3.63) is 35.4 Å². The lowest BCUT2D eigenvalue weighted by Gasteiger charge is -1.99. The molecule has 1 aromatic rings. The highest BCUT2D eigenvalue weighted by Crippen LogP contribution is 2.14. The van der Waals surface area contributed by atoms with Gasteiger partial charge in [-0.3, -0.25) is 0 Å². The van der Waals surface area contributed by atoms with E-state index < -0.39 is 5.97 Å². The molecule has 0 aliphatic rings. The Balaban J connectivity index is 2.89. The molecule has 0 unspecified atom stereocenters. The summed E-state index contributed by atoms with van der Waals surface area (Å²) in [5.41, 5.74) is 7.13. The number of hydrogen-bond donors (Lipinski definition) is 1. The quantitative estimate of drug-likeness (QED) is 0.474. The molecule has 0 bridgehead atoms. The minimum absolute atomic E-state index is 0.329. The molecular formula is C12H12N2O2. The number of nitrogens with two attached hydrogens (primary N) is 1. The first-order valence-electron chi connectivity index (χ1n) is 4.82. The van der Waals surface area contributed by atoms with Gasteiger partial charge in [0.15, 0.2) is 0 Å². The summed E-state index contributed by atoms with van der Waals surface area (Å²) in [7, 11) is 0. The number of ether oxygens (including phenoxy) is 1. The summed E-state index contributed by atoms with van der Waals surface area (Å²) in [5, 5.41) is 8.86. The molecule has 0 aromatic heterocycles. The van der Waals surface area contributed by atoms with E-state index in [0.29, 0.717) is 23.4 Å². The number of hydrogen-bond acceptors (Lipinski definition) is 4. The second kappa shape index (κ2) is 5.56. The van der Waals surface area contributed by atoms with Crippen molar-refractivity contribution in [3.63, 3.8) is 0 Å². The van der Waals surface area contributed by atoms with E-state index in [2.05, 4.69) is 0 Å². The van der Waals surface area contributed by atoms with Crippen molar-refractivity contribution in [2.75, 3.05) is 12.3 Å². The van der Waals surface area contributed by atoms with E-state index in [-0.39, 0.29) is 0 Å². The molecule has 0 saturated carbocycles. The number of carbonyl (C=O) groups excluding carboxylic acids is 1. The van der Waals surface area contributed by atoms with E-state index in [1.54, 1.807) is 25.1 Å². The van der Waals surface area contributed by atoms with Crippen LogP contribution in [0.5, 0.6) is 0 Å². The van der Waals surface area contributed by atoms with Gasteiger partial charge in [-0.1, -0.05) is 6.07 Å². The van der Waals surface area contributed by atoms with Crippen LogP contribution in [-0.2, 0) is 9.53 Å². The Morgan fingerprint density at radius 1 is 1.62 bits per heavy atom. The van der Waals surface area contributed by atoms with Crippen molar-refractivity contribution in [3.8, 4) is 6.07 Å². The van der Waals surface area contributed by atoms with Crippen LogP contribution in [0.1, 0.15) is 18.1 Å². The standard InChI is InChI=1S/C12H12N2O2/c1-2-16-12(15)6-4-9-3-5-11(14)7-10(9)8-13/h3-7H,2,14H2,1H3. The van der Waals surface area contributed by atoms with Gasteiger partial charge in [-0.05, 0) is 30.7 Å². The Morgan fingerprint density at radius 3 is 3.00 bits per heavy atom. The van der Waals surface area contributed by atoms with Crippen LogP contribution >= 0.6 is 0 Å². The van der Waals surface area contributed by atoms with Crippen LogP contribution in [0.2, 0.25) is 0 Å². The third kappa shape index (κ3) is 3.14. The molecular weight excluding hydrogens is 204 g/mol. The molecule has 0 aliphatic heterocycles. The van der Waals surface area contributed by atoms with Crippen molar-refractivity contribution in [1.82, 2.24) is 0 Å². The molecule has 4 heteroatoms. The van der Waals surface area contributed by atoms with Gasteiger partial charge in [-0.25, -0.2) is 4.79 Å². The Kier molecular flexibility index (Phi) is 4.10. The lowest BCUT2D eigenvalue weighted by molar-refractivity contribution is -0.137. The van der Waals surface area contributed by atoms with Gasteiger partial charge in [0.25, 0.3) is 0 Å². The monoisotopic (exact) mass is 216 g/mol. The number of carbonyl (C=O) groups is 1. The summed E-state index contributed by atoms with van der Waals surface area (Å²) < 4.78 is 4.73. The molecule has 0 spiro atoms. The summed E-state index contributed by atoms with van der Waals surface area (Å²) in [6.07, 6.45) is 2.83. The summed E-state index contributed by atoms with van der Waals surface area (Å²) in [6, 6.07) is 6.93. The van der Waals surface area contributed by atoms with Gasteiger partial charge in [-0.2, -0.15) is 5.26 Å². The number of nitrogens with zero attached hydrogens (tertiary/aromatic N) is 1. The van der Waals surface area contributed by atoms with Crippen molar-refractivity contribution in [1.29, 1.82) is 5.26 Å². The predicted octanol–water partition coefficient (Wildman–Crippen LogP) is 1.72. The van der Waals surface area contributed by atoms with E-state index in [0.717, 1.165) is 0 Å². The highest BCUT2D eigenvalue weighted by Gasteiger charge is 2.00. The third-order valence-electron chi connectivity index (χ3n) is 1.88. The van der Waals surface area contributed by atoms with E-state index in [9.17, 15) is 4.79 Å². The highest BCUT2D eigenvalue weighted by molar-refractivity contribution is 5.87. The smallest absolute Gasteiger partial charge is 0.330 e. The minimum atomic E-state index is -0.428. The molecule has 82 valence electrons. The molecule has 0 heterocycles. The molecule has 0 fully saturated rings. The lowest BCUT2D eigenvalue weighted by Crippen LogP contribution is -1.98. The van der Waals surface area contributed by atoms with Crippen LogP contribution in [0, 0.1) is 11.3 Å². The van der Waals surface area contributed by atoms with Crippen LogP contribution in [0.3, 0.4) is 0 Å². The molecule has 0 saturated heterocycles. The number of benzene rings is 1. The molecule has 0 amide bonds. The second-order valence-electron chi connectivity index (χ2n) is 3.04. The summed E-state index contributed by atoms with van der Waals surface area (Å²) in [4.78, 5) is 11.1. The molecule has 0 atom stereocenters. The lowest BCUT2D eigenvalue weighted by atomic mass is 10.1. The van der Waals surface area contributed by atoms with Gasteiger partial charge in [0.1, 0.15) is 0 Å². The van der Waals surface area contributed by atoms with Crippen LogP contribution < -0.4 is 5.73 Å². The molecule has 2 N–H and O–H groups in total. The topological polar surface area (TPSA) is 76.1 Å². The van der Waals surface area contributed by atoms with Gasteiger partial charge >= 0.3 is 5.97 Å². The third-order valence-corrected chi connectivity index (χ3v) is 1.88. The molecule has 16 heavy (non-hydrogen) atoms. The fraction of sp³-hybridized carbons (Fsp3) is 0.167. The van der Waals surface area contributed by atoms with E-state index in [1.165, 1.54) is 12.2 Å². The van der Waals surface area contributed by atoms with Gasteiger partial charge in [0, 0.05) is 11.8 Å². The van der Waals surface area contributed by atoms with Crippen LogP contribution in [0.4, 0.5) is 5.69 Å². The molecule has 1 rings (SSSR count). The average Bonchev–Trinajstić information content (AvgIpc) is 2.27. The fourth-order valence-corrected chi connectivity index (χ4v) is 1.16. The second-order valence-corrected chi connectivity index (χ2v) is 3.04. The molecule has 0 aliphatic carbocycles. The van der Waals surface area contributed by atoms with E-state index in [4.69, 9.17) is 15.7 Å². The zero-order valence-corrected chi connectivity index (χ0v) is 8.93. The number of anilines is 1. The highest BCUT2D eigenvalue weighted by atomic mass is 16.5. The molecule has 0 radical (unpaired) electrons. The Labute approximate surface area is 93.9 Å². The molecule has 4 nitrogen and oxygen atoms in total. The van der Waals surface area contributed by atoms with Gasteiger partial charge < -0.3 is 10.5 Å². The van der Waals surface area contributed by atoms with E-state index in [1.807, 2.05) is 6.07 Å². The first-order chi connectivity index (χ1) is 7.67. The summed E-state index contributed by atoms with van der Waals surface area (Å²) >= 11 is 0. The van der Waals surface area contributed by atoms with Crippen LogP contribution in [0.15, 0.2) is 24.3 Å². The van der Waals surface area contributed by atoms with Crippen molar-refractivity contribution in [2.24, 2.45) is 0 Å². The van der Waals surface area contributed by atoms with Crippen molar-refractivity contribution < 1.29 is 9.53 Å². The first kappa shape index (κ1) is 11.8. The predicted molar refractivity (Wildman–Crippen MR) is 61.2 cm³/mol. The number of nitriles is 1. The zero-order valence-electron chi connectivity index (χ0n) is 8.93. The van der Waals surface area contributed by atoms with Gasteiger partial charge in [-0.15, -0.1) is 0 Å². The number of nitrogen functional groups attached to an aromatic ring is 1. The Hall–Kier alpha value is -2.28.